The highest BCUT2D eigenvalue weighted by atomic mass is 16.3. The fraction of sp³-hybridized carbons (Fsp3) is 0. The highest BCUT2D eigenvalue weighted by molar-refractivity contribution is 6.12. The van der Waals surface area contributed by atoms with E-state index >= 15 is 0 Å². The highest BCUT2D eigenvalue weighted by Crippen LogP contribution is 2.38. The van der Waals surface area contributed by atoms with Crippen molar-refractivity contribution in [3.05, 3.63) is 164 Å². The molecular weight excluding hydrogens is 534 g/mol. The van der Waals surface area contributed by atoms with Crippen molar-refractivity contribution in [3.63, 3.8) is 0 Å². The fourth-order valence-corrected chi connectivity index (χ4v) is 6.65. The van der Waals surface area contributed by atoms with Gasteiger partial charge in [0.1, 0.15) is 11.2 Å². The van der Waals surface area contributed by atoms with Crippen molar-refractivity contribution in [1.82, 2.24) is 4.57 Å². The van der Waals surface area contributed by atoms with Gasteiger partial charge in [-0.3, -0.25) is 0 Å². The summed E-state index contributed by atoms with van der Waals surface area (Å²) in [4.78, 5) is 0. The number of nitrogens with zero attached hydrogens (tertiary/aromatic N) is 1. The molecule has 0 unspecified atom stereocenters. The van der Waals surface area contributed by atoms with Crippen LogP contribution in [0.5, 0.6) is 0 Å². The first-order valence-electron chi connectivity index (χ1n) is 15.0. The fourth-order valence-electron chi connectivity index (χ4n) is 6.65. The van der Waals surface area contributed by atoms with Gasteiger partial charge in [-0.05, 0) is 88.0 Å². The molecule has 0 radical (unpaired) electrons. The van der Waals surface area contributed by atoms with Gasteiger partial charge >= 0.3 is 0 Å². The summed E-state index contributed by atoms with van der Waals surface area (Å²) in [5.74, 6) is 0. The Hall–Kier alpha value is -5.86. The zero-order valence-corrected chi connectivity index (χ0v) is 23.9. The number of hydrogen-bond donors (Lipinski definition) is 0. The van der Waals surface area contributed by atoms with Crippen molar-refractivity contribution >= 4 is 43.7 Å². The smallest absolute Gasteiger partial charge is 0.135 e. The number of rotatable bonds is 4. The Labute approximate surface area is 255 Å². The van der Waals surface area contributed by atoms with E-state index < -0.39 is 0 Å². The van der Waals surface area contributed by atoms with Gasteiger partial charge in [-0.25, -0.2) is 0 Å². The minimum Gasteiger partial charge on any atom is -0.456 e. The van der Waals surface area contributed by atoms with Crippen LogP contribution in [0, 0.1) is 0 Å². The Morgan fingerprint density at radius 1 is 0.318 bits per heavy atom. The van der Waals surface area contributed by atoms with Crippen LogP contribution in [0.25, 0.3) is 82.8 Å². The molecule has 0 aliphatic carbocycles. The second kappa shape index (κ2) is 9.86. The van der Waals surface area contributed by atoms with Crippen molar-refractivity contribution in [2.45, 2.75) is 0 Å². The van der Waals surface area contributed by atoms with Crippen molar-refractivity contribution in [2.75, 3.05) is 0 Å². The van der Waals surface area contributed by atoms with E-state index in [9.17, 15) is 0 Å². The molecule has 0 saturated carbocycles. The average Bonchev–Trinajstić information content (AvgIpc) is 3.63. The summed E-state index contributed by atoms with van der Waals surface area (Å²) < 4.78 is 8.72. The molecule has 0 bridgehead atoms. The lowest BCUT2D eigenvalue weighted by molar-refractivity contribution is 0.669. The van der Waals surface area contributed by atoms with Crippen LogP contribution in [0.15, 0.2) is 168 Å². The van der Waals surface area contributed by atoms with Crippen LogP contribution in [0.1, 0.15) is 0 Å². The first kappa shape index (κ1) is 24.7. The minimum absolute atomic E-state index is 0.895. The molecule has 0 amide bonds. The molecule has 0 aliphatic heterocycles. The molecule has 2 aromatic heterocycles. The Morgan fingerprint density at radius 2 is 0.841 bits per heavy atom. The lowest BCUT2D eigenvalue weighted by atomic mass is 9.98. The minimum atomic E-state index is 0.895. The quantitative estimate of drug-likeness (QED) is 0.209. The molecule has 0 aliphatic rings. The Morgan fingerprint density at radius 3 is 1.61 bits per heavy atom. The van der Waals surface area contributed by atoms with E-state index in [0.717, 1.165) is 27.6 Å². The van der Waals surface area contributed by atoms with Crippen molar-refractivity contribution in [2.24, 2.45) is 0 Å². The van der Waals surface area contributed by atoms with Crippen LogP contribution in [-0.4, -0.2) is 4.57 Å². The molecule has 2 heterocycles. The predicted molar refractivity (Wildman–Crippen MR) is 184 cm³/mol. The topological polar surface area (TPSA) is 18.1 Å². The number of benzene rings is 7. The van der Waals surface area contributed by atoms with Crippen LogP contribution in [0.3, 0.4) is 0 Å². The van der Waals surface area contributed by atoms with Gasteiger partial charge in [0.25, 0.3) is 0 Å². The van der Waals surface area contributed by atoms with Crippen molar-refractivity contribution < 1.29 is 4.42 Å². The molecule has 2 nitrogen and oxygen atoms in total. The second-order valence-corrected chi connectivity index (χ2v) is 11.4. The van der Waals surface area contributed by atoms with Crippen molar-refractivity contribution in [1.29, 1.82) is 0 Å². The molecular formula is C42H27NO. The normalized spacial score (nSPS) is 11.6. The zero-order valence-electron chi connectivity index (χ0n) is 23.9. The number of fused-ring (bicyclic) bond motifs is 6. The molecule has 0 saturated heterocycles. The maximum atomic E-state index is 6.34. The summed E-state index contributed by atoms with van der Waals surface area (Å²) in [6, 6.07) is 58.5. The van der Waals surface area contributed by atoms with Gasteiger partial charge in [-0.15, -0.1) is 0 Å². The monoisotopic (exact) mass is 561 g/mol. The second-order valence-electron chi connectivity index (χ2n) is 11.4. The van der Waals surface area contributed by atoms with Gasteiger partial charge in [0, 0.05) is 27.2 Å². The van der Waals surface area contributed by atoms with E-state index in [4.69, 9.17) is 4.42 Å². The zero-order chi connectivity index (χ0) is 29.0. The lowest BCUT2D eigenvalue weighted by Gasteiger charge is -2.09. The van der Waals surface area contributed by atoms with E-state index in [-0.39, 0.29) is 0 Å². The Balaban J connectivity index is 1.21. The third-order valence-corrected chi connectivity index (χ3v) is 8.79. The third kappa shape index (κ3) is 3.96. The SMILES string of the molecule is c1ccc(-c2cccc(-c3ccc4oc5ccc(-n6c7ccccc7c7cc(-c8ccccc8)ccc76)cc5c4c3)c2)cc1. The number of furan rings is 1. The number of aromatic nitrogens is 1. The maximum Gasteiger partial charge on any atom is 0.135 e. The number of hydrogen-bond acceptors (Lipinski definition) is 1. The molecule has 0 atom stereocenters. The highest BCUT2D eigenvalue weighted by Gasteiger charge is 2.16. The average molecular weight is 562 g/mol. The van der Waals surface area contributed by atoms with Gasteiger partial charge in [0.2, 0.25) is 0 Å². The van der Waals surface area contributed by atoms with Gasteiger partial charge in [0.05, 0.1) is 11.0 Å². The first-order chi connectivity index (χ1) is 21.8. The van der Waals surface area contributed by atoms with Crippen LogP contribution in [0.4, 0.5) is 0 Å². The van der Waals surface area contributed by atoms with Crippen LogP contribution in [0.2, 0.25) is 0 Å². The van der Waals surface area contributed by atoms with Gasteiger partial charge in [-0.1, -0.05) is 109 Å². The maximum absolute atomic E-state index is 6.34. The number of para-hydroxylation sites is 1. The summed E-state index contributed by atoms with van der Waals surface area (Å²) in [7, 11) is 0. The molecule has 9 aromatic rings. The lowest BCUT2D eigenvalue weighted by Crippen LogP contribution is -1.93. The first-order valence-corrected chi connectivity index (χ1v) is 15.0. The van der Waals surface area contributed by atoms with E-state index in [1.807, 2.05) is 0 Å². The summed E-state index contributed by atoms with van der Waals surface area (Å²) in [5.41, 5.74) is 12.5. The predicted octanol–water partition coefficient (Wildman–Crippen LogP) is 11.7. The van der Waals surface area contributed by atoms with Crippen LogP contribution >= 0.6 is 0 Å². The van der Waals surface area contributed by atoms with Gasteiger partial charge < -0.3 is 8.98 Å². The molecule has 206 valence electrons. The van der Waals surface area contributed by atoms with Crippen LogP contribution in [-0.2, 0) is 0 Å². The Bertz CT molecular complexity index is 2480. The summed E-state index contributed by atoms with van der Waals surface area (Å²) in [5, 5.41) is 4.74. The molecule has 0 N–H and O–H groups in total. The standard InChI is InChI=1S/C42H27NO/c1-3-10-28(11-4-1)30-14-9-15-31(24-30)33-19-22-41-37(26-33)38-27-34(20-23-42(38)44-41)43-39-17-8-7-16-35(39)36-25-32(18-21-40(36)43)29-12-5-2-6-13-29/h1-27H. The van der Waals surface area contributed by atoms with E-state index in [2.05, 4.69) is 168 Å². The molecule has 2 heteroatoms. The third-order valence-electron chi connectivity index (χ3n) is 8.79. The molecule has 9 rings (SSSR count). The van der Waals surface area contributed by atoms with Crippen molar-refractivity contribution in [3.8, 4) is 39.1 Å². The summed E-state index contributed by atoms with van der Waals surface area (Å²) in [6.07, 6.45) is 0. The summed E-state index contributed by atoms with van der Waals surface area (Å²) in [6.45, 7) is 0. The molecule has 44 heavy (non-hydrogen) atoms. The summed E-state index contributed by atoms with van der Waals surface area (Å²) >= 11 is 0. The van der Waals surface area contributed by atoms with E-state index in [1.54, 1.807) is 0 Å². The van der Waals surface area contributed by atoms with Crippen LogP contribution < -0.4 is 0 Å². The molecule has 7 aromatic carbocycles. The van der Waals surface area contributed by atoms with Gasteiger partial charge in [0.15, 0.2) is 0 Å². The molecule has 0 fully saturated rings. The largest absolute Gasteiger partial charge is 0.456 e. The Kier molecular flexibility index (Phi) is 5.54. The van der Waals surface area contributed by atoms with Gasteiger partial charge in [-0.2, -0.15) is 0 Å². The molecule has 0 spiro atoms. The van der Waals surface area contributed by atoms with E-state index in [0.29, 0.717) is 0 Å². The van der Waals surface area contributed by atoms with E-state index in [1.165, 1.54) is 55.2 Å².